The molecule has 0 bridgehead atoms. The Morgan fingerprint density at radius 2 is 2.05 bits per heavy atom. The van der Waals surface area contributed by atoms with Crippen LogP contribution in [0.4, 0.5) is 0 Å². The van der Waals surface area contributed by atoms with Gasteiger partial charge in [0.25, 0.3) is 0 Å². The molecule has 1 aromatic carbocycles. The van der Waals surface area contributed by atoms with Crippen LogP contribution in [0.15, 0.2) is 12.1 Å². The third kappa shape index (κ3) is 3.51. The molecule has 0 spiro atoms. The summed E-state index contributed by atoms with van der Waals surface area (Å²) in [6, 6.07) is 4.17. The third-order valence-electron chi connectivity index (χ3n) is 3.86. The first-order valence-electron chi connectivity index (χ1n) is 7.24. The van der Waals surface area contributed by atoms with Gasteiger partial charge in [0.15, 0.2) is 0 Å². The minimum atomic E-state index is 0.146. The number of benzene rings is 1. The van der Waals surface area contributed by atoms with Crippen LogP contribution in [0.25, 0.3) is 0 Å². The van der Waals surface area contributed by atoms with E-state index in [9.17, 15) is 4.79 Å². The average Bonchev–Trinajstić information content (AvgIpc) is 2.45. The van der Waals surface area contributed by atoms with Gasteiger partial charge in [-0.25, -0.2) is 0 Å². The molecule has 20 heavy (non-hydrogen) atoms. The lowest BCUT2D eigenvalue weighted by Crippen LogP contribution is -2.37. The van der Waals surface area contributed by atoms with Gasteiger partial charge in [-0.15, -0.1) is 0 Å². The number of ether oxygens (including phenoxy) is 1. The zero-order valence-corrected chi connectivity index (χ0v) is 12.6. The minimum Gasteiger partial charge on any atom is -0.496 e. The number of aryl methyl sites for hydroxylation is 2. The molecule has 1 aliphatic rings. The second kappa shape index (κ2) is 6.75. The summed E-state index contributed by atoms with van der Waals surface area (Å²) in [5.41, 5.74) is 3.35. The maximum atomic E-state index is 12.2. The molecule has 2 rings (SSSR count). The lowest BCUT2D eigenvalue weighted by Gasteiger charge is -2.22. The second-order valence-corrected chi connectivity index (χ2v) is 5.52. The number of carbonyl (C=O) groups excluding carboxylic acids is 1. The first-order valence-corrected chi connectivity index (χ1v) is 7.24. The Kier molecular flexibility index (Phi) is 5.01. The molecule has 1 fully saturated rings. The summed E-state index contributed by atoms with van der Waals surface area (Å²) < 4.78 is 5.45. The molecule has 110 valence electrons. The van der Waals surface area contributed by atoms with Gasteiger partial charge in [0, 0.05) is 18.0 Å². The lowest BCUT2D eigenvalue weighted by atomic mass is 9.97. The zero-order chi connectivity index (χ0) is 14.5. The minimum absolute atomic E-state index is 0.146. The van der Waals surface area contributed by atoms with E-state index in [1.165, 1.54) is 5.56 Å². The first kappa shape index (κ1) is 14.9. The highest BCUT2D eigenvalue weighted by Crippen LogP contribution is 2.25. The van der Waals surface area contributed by atoms with E-state index in [-0.39, 0.29) is 11.8 Å². The molecule has 1 aromatic rings. The summed E-state index contributed by atoms with van der Waals surface area (Å²) >= 11 is 0. The number of hydrogen-bond acceptors (Lipinski definition) is 3. The van der Waals surface area contributed by atoms with E-state index in [2.05, 4.69) is 29.7 Å². The van der Waals surface area contributed by atoms with Crippen LogP contribution in [0.5, 0.6) is 5.75 Å². The molecule has 4 heteroatoms. The van der Waals surface area contributed by atoms with E-state index in [0.29, 0.717) is 6.54 Å². The average molecular weight is 276 g/mol. The van der Waals surface area contributed by atoms with Crippen LogP contribution < -0.4 is 15.4 Å². The van der Waals surface area contributed by atoms with Crippen LogP contribution in [0.2, 0.25) is 0 Å². The summed E-state index contributed by atoms with van der Waals surface area (Å²) in [4.78, 5) is 12.2. The van der Waals surface area contributed by atoms with E-state index < -0.39 is 0 Å². The van der Waals surface area contributed by atoms with E-state index in [1.807, 2.05) is 6.92 Å². The predicted molar refractivity (Wildman–Crippen MR) is 79.9 cm³/mol. The smallest absolute Gasteiger partial charge is 0.223 e. The number of hydrogen-bond donors (Lipinski definition) is 2. The van der Waals surface area contributed by atoms with E-state index in [0.717, 1.165) is 42.8 Å². The molecule has 4 nitrogen and oxygen atoms in total. The fourth-order valence-corrected chi connectivity index (χ4v) is 2.88. The predicted octanol–water partition coefficient (Wildman–Crippen LogP) is 1.93. The zero-order valence-electron chi connectivity index (χ0n) is 12.6. The van der Waals surface area contributed by atoms with Gasteiger partial charge in [-0.1, -0.05) is 17.7 Å². The summed E-state index contributed by atoms with van der Waals surface area (Å²) in [6.07, 6.45) is 1.85. The summed E-state index contributed by atoms with van der Waals surface area (Å²) in [5.74, 6) is 1.18. The molecular formula is C16H24N2O2. The highest BCUT2D eigenvalue weighted by Gasteiger charge is 2.20. The van der Waals surface area contributed by atoms with Gasteiger partial charge >= 0.3 is 0 Å². The molecule has 0 unspecified atom stereocenters. The van der Waals surface area contributed by atoms with Crippen molar-refractivity contribution in [2.75, 3.05) is 20.2 Å². The molecule has 0 saturated carbocycles. The molecule has 1 heterocycles. The summed E-state index contributed by atoms with van der Waals surface area (Å²) in [7, 11) is 1.68. The maximum Gasteiger partial charge on any atom is 0.223 e. The van der Waals surface area contributed by atoms with Crippen molar-refractivity contribution in [3.05, 3.63) is 28.8 Å². The third-order valence-corrected chi connectivity index (χ3v) is 3.86. The molecule has 1 aliphatic heterocycles. The fraction of sp³-hybridized carbons (Fsp3) is 0.562. The first-order chi connectivity index (χ1) is 9.61. The summed E-state index contributed by atoms with van der Waals surface area (Å²) in [6.45, 7) is 6.50. The van der Waals surface area contributed by atoms with Gasteiger partial charge in [-0.05, 0) is 45.3 Å². The molecule has 0 atom stereocenters. The normalized spacial score (nSPS) is 15.9. The van der Waals surface area contributed by atoms with E-state index in [1.54, 1.807) is 7.11 Å². The molecule has 1 amide bonds. The number of methoxy groups -OCH3 is 1. The van der Waals surface area contributed by atoms with Crippen LogP contribution in [0, 0.1) is 19.8 Å². The Morgan fingerprint density at radius 3 is 2.70 bits per heavy atom. The highest BCUT2D eigenvalue weighted by molar-refractivity contribution is 5.78. The number of carbonyl (C=O) groups is 1. The Labute approximate surface area is 120 Å². The Hall–Kier alpha value is -1.55. The highest BCUT2D eigenvalue weighted by atomic mass is 16.5. The van der Waals surface area contributed by atoms with Gasteiger partial charge in [0.2, 0.25) is 5.91 Å². The number of amides is 1. The number of piperidine rings is 1. The SMILES string of the molecule is COc1c(C)cc(C)cc1CNC(=O)C1CCNCC1. The van der Waals surface area contributed by atoms with Gasteiger partial charge in [-0.3, -0.25) is 4.79 Å². The molecule has 2 N–H and O–H groups in total. The largest absolute Gasteiger partial charge is 0.496 e. The van der Waals surface area contributed by atoms with Crippen molar-refractivity contribution in [1.29, 1.82) is 0 Å². The maximum absolute atomic E-state index is 12.2. The van der Waals surface area contributed by atoms with Gasteiger partial charge in [-0.2, -0.15) is 0 Å². The van der Waals surface area contributed by atoms with Crippen molar-refractivity contribution >= 4 is 5.91 Å². The van der Waals surface area contributed by atoms with Crippen molar-refractivity contribution in [1.82, 2.24) is 10.6 Å². The van der Waals surface area contributed by atoms with Crippen molar-refractivity contribution in [3.63, 3.8) is 0 Å². The quantitative estimate of drug-likeness (QED) is 0.883. The Bertz CT molecular complexity index is 480. The topological polar surface area (TPSA) is 50.4 Å². The monoisotopic (exact) mass is 276 g/mol. The van der Waals surface area contributed by atoms with Crippen LogP contribution in [0.3, 0.4) is 0 Å². The van der Waals surface area contributed by atoms with Crippen molar-refractivity contribution in [3.8, 4) is 5.75 Å². The van der Waals surface area contributed by atoms with Crippen LogP contribution in [0.1, 0.15) is 29.5 Å². The van der Waals surface area contributed by atoms with Crippen molar-refractivity contribution in [2.24, 2.45) is 5.92 Å². The van der Waals surface area contributed by atoms with Crippen LogP contribution in [-0.2, 0) is 11.3 Å². The Balaban J connectivity index is 2.01. The number of nitrogens with one attached hydrogen (secondary N) is 2. The van der Waals surface area contributed by atoms with Gasteiger partial charge in [0.05, 0.1) is 7.11 Å². The van der Waals surface area contributed by atoms with Crippen LogP contribution in [-0.4, -0.2) is 26.1 Å². The fourth-order valence-electron chi connectivity index (χ4n) is 2.88. The Morgan fingerprint density at radius 1 is 1.35 bits per heavy atom. The molecule has 0 aromatic heterocycles. The van der Waals surface area contributed by atoms with E-state index in [4.69, 9.17) is 4.74 Å². The lowest BCUT2D eigenvalue weighted by molar-refractivity contribution is -0.125. The molecular weight excluding hydrogens is 252 g/mol. The molecule has 1 saturated heterocycles. The van der Waals surface area contributed by atoms with Crippen molar-refractivity contribution < 1.29 is 9.53 Å². The van der Waals surface area contributed by atoms with Crippen molar-refractivity contribution in [2.45, 2.75) is 33.2 Å². The van der Waals surface area contributed by atoms with E-state index >= 15 is 0 Å². The standard InChI is InChI=1S/C16H24N2O2/c1-11-8-12(2)15(20-3)14(9-11)10-18-16(19)13-4-6-17-7-5-13/h8-9,13,17H,4-7,10H2,1-3H3,(H,18,19). The number of rotatable bonds is 4. The second-order valence-electron chi connectivity index (χ2n) is 5.52. The van der Waals surface area contributed by atoms with Gasteiger partial charge < -0.3 is 15.4 Å². The molecule has 0 radical (unpaired) electrons. The summed E-state index contributed by atoms with van der Waals surface area (Å²) in [5, 5.41) is 6.33. The van der Waals surface area contributed by atoms with Gasteiger partial charge in [0.1, 0.15) is 5.75 Å². The van der Waals surface area contributed by atoms with Crippen LogP contribution >= 0.6 is 0 Å². The molecule has 0 aliphatic carbocycles.